The van der Waals surface area contributed by atoms with Crippen molar-refractivity contribution in [3.63, 3.8) is 0 Å². The Bertz CT molecular complexity index is 925. The lowest BCUT2D eigenvalue weighted by Gasteiger charge is -2.50. The van der Waals surface area contributed by atoms with Gasteiger partial charge in [-0.1, -0.05) is 36.4 Å². The van der Waals surface area contributed by atoms with Crippen LogP contribution in [0.5, 0.6) is 0 Å². The van der Waals surface area contributed by atoms with Crippen LogP contribution in [0.3, 0.4) is 0 Å². The third-order valence-electron chi connectivity index (χ3n) is 6.65. The van der Waals surface area contributed by atoms with Gasteiger partial charge in [0.15, 0.2) is 5.62 Å². The predicted molar refractivity (Wildman–Crippen MR) is 125 cm³/mol. The van der Waals surface area contributed by atoms with Gasteiger partial charge in [-0.05, 0) is 66.5 Å². The van der Waals surface area contributed by atoms with Crippen molar-refractivity contribution in [2.75, 3.05) is 32.1 Å². The minimum atomic E-state index is -1.77. The molecule has 0 amide bonds. The number of piperidine rings is 1. The van der Waals surface area contributed by atoms with Crippen LogP contribution in [0.25, 0.3) is 11.1 Å². The van der Waals surface area contributed by atoms with Crippen LogP contribution in [-0.2, 0) is 0 Å². The van der Waals surface area contributed by atoms with E-state index in [1.165, 1.54) is 11.6 Å². The van der Waals surface area contributed by atoms with Crippen LogP contribution in [0.2, 0.25) is 0 Å². The molecule has 170 valence electrons. The summed E-state index contributed by atoms with van der Waals surface area (Å²) >= 11 is 0. The molecular formula is C24H33FN2O3S. The van der Waals surface area contributed by atoms with Gasteiger partial charge in [0, 0.05) is 5.92 Å². The first-order valence-corrected chi connectivity index (χ1v) is 13.5. The number of nitrogens with zero attached hydrogens (tertiary/aromatic N) is 1. The summed E-state index contributed by atoms with van der Waals surface area (Å²) in [5.41, 5.74) is 1.73. The molecule has 0 radical (unpaired) electrons. The van der Waals surface area contributed by atoms with Crippen LogP contribution in [0.15, 0.2) is 48.5 Å². The lowest BCUT2D eigenvalue weighted by molar-refractivity contribution is -0.888. The van der Waals surface area contributed by atoms with E-state index in [2.05, 4.69) is 10.8 Å². The molecule has 2 aromatic rings. The Morgan fingerprint density at radius 3 is 2.71 bits per heavy atom. The average molecular weight is 449 g/mol. The van der Waals surface area contributed by atoms with E-state index >= 15 is 0 Å². The number of nitrogens with one attached hydrogen (secondary N) is 1. The number of quaternary nitrogens is 1. The monoisotopic (exact) mass is 448 g/mol. The highest BCUT2D eigenvalue weighted by atomic mass is 32.3. The second kappa shape index (κ2) is 8.81. The van der Waals surface area contributed by atoms with Gasteiger partial charge in [0.2, 0.25) is 0 Å². The highest BCUT2D eigenvalue weighted by Crippen LogP contribution is 2.51. The normalized spacial score (nSPS) is 29.2. The van der Waals surface area contributed by atoms with E-state index in [-0.39, 0.29) is 16.5 Å². The molecule has 0 bridgehead atoms. The van der Waals surface area contributed by atoms with Crippen LogP contribution in [0.4, 0.5) is 4.39 Å². The zero-order chi connectivity index (χ0) is 22.2. The molecule has 3 N–H and O–H groups in total. The van der Waals surface area contributed by atoms with Crippen LogP contribution in [0.1, 0.15) is 30.7 Å². The van der Waals surface area contributed by atoms with E-state index in [0.717, 1.165) is 30.4 Å². The van der Waals surface area contributed by atoms with Crippen molar-refractivity contribution in [2.45, 2.75) is 36.8 Å². The molecule has 1 saturated heterocycles. The first kappa shape index (κ1) is 22.7. The Labute approximate surface area is 185 Å². The highest BCUT2D eigenvalue weighted by Gasteiger charge is 2.45. The summed E-state index contributed by atoms with van der Waals surface area (Å²) in [5, 5.41) is 32.8. The smallest absolute Gasteiger partial charge is 0.197 e. The van der Waals surface area contributed by atoms with Crippen molar-refractivity contribution in [2.24, 2.45) is 5.92 Å². The van der Waals surface area contributed by atoms with Gasteiger partial charge in [0.05, 0.1) is 25.7 Å². The molecule has 0 spiro atoms. The van der Waals surface area contributed by atoms with E-state index in [1.807, 2.05) is 36.8 Å². The van der Waals surface area contributed by atoms with Gasteiger partial charge in [-0.3, -0.25) is 4.72 Å². The second-order valence-corrected chi connectivity index (χ2v) is 13.0. The van der Waals surface area contributed by atoms with Crippen LogP contribution < -0.4 is 4.72 Å². The van der Waals surface area contributed by atoms with E-state index < -0.39 is 15.8 Å². The molecule has 4 rings (SSSR count). The molecule has 4 atom stereocenters. The fourth-order valence-electron chi connectivity index (χ4n) is 4.96. The van der Waals surface area contributed by atoms with E-state index in [0.29, 0.717) is 31.5 Å². The van der Waals surface area contributed by atoms with Crippen molar-refractivity contribution in [3.05, 3.63) is 65.1 Å². The molecule has 0 aromatic heterocycles. The highest BCUT2D eigenvalue weighted by molar-refractivity contribution is 8.31. The van der Waals surface area contributed by atoms with Gasteiger partial charge in [-0.2, -0.15) is 0 Å². The summed E-state index contributed by atoms with van der Waals surface area (Å²) in [6.07, 6.45) is 6.37. The predicted octanol–water partition coefficient (Wildman–Crippen LogP) is 3.91. The Kier molecular flexibility index (Phi) is 6.45. The summed E-state index contributed by atoms with van der Waals surface area (Å²) in [6.45, 7) is 1.67. The average Bonchev–Trinajstić information content (AvgIpc) is 3.45. The fraction of sp³-hybridized carbons (Fsp3) is 0.500. The summed E-state index contributed by atoms with van der Waals surface area (Å²) in [4.78, 5) is 0. The molecule has 2 aliphatic rings. The third-order valence-corrected chi connectivity index (χ3v) is 8.65. The zero-order valence-electron chi connectivity index (χ0n) is 18.2. The largest absolute Gasteiger partial charge is 0.633 e. The number of halogens is 1. The van der Waals surface area contributed by atoms with E-state index in [9.17, 15) is 19.8 Å². The summed E-state index contributed by atoms with van der Waals surface area (Å²) < 4.78 is 16.9. The number of likely N-dealkylation sites (tertiary alicyclic amines) is 1. The van der Waals surface area contributed by atoms with Crippen LogP contribution in [0, 0.1) is 16.9 Å². The number of hydrogen-bond acceptors (Lipinski definition) is 4. The summed E-state index contributed by atoms with van der Waals surface area (Å²) in [7, 11) is -1.77. The Hall–Kier alpha value is -1.48. The Morgan fingerprint density at radius 2 is 1.97 bits per heavy atom. The minimum Gasteiger partial charge on any atom is -0.633 e. The van der Waals surface area contributed by atoms with Gasteiger partial charge < -0.3 is 20.1 Å². The number of aliphatic hydroxyl groups excluding tert-OH is 1. The molecule has 2 aromatic carbocycles. The lowest BCUT2D eigenvalue weighted by Crippen LogP contribution is -2.56. The molecule has 31 heavy (non-hydrogen) atoms. The minimum absolute atomic E-state index is 0.00910. The molecule has 1 aliphatic heterocycles. The molecule has 5 nitrogen and oxygen atoms in total. The Balaban J connectivity index is 1.44. The van der Waals surface area contributed by atoms with E-state index in [1.54, 1.807) is 12.1 Å². The number of benzene rings is 2. The lowest BCUT2D eigenvalue weighted by atomic mass is 9.95. The first-order valence-electron chi connectivity index (χ1n) is 10.9. The fourth-order valence-corrected chi connectivity index (χ4v) is 6.13. The summed E-state index contributed by atoms with van der Waals surface area (Å²) in [6, 6.07) is 14.8. The number of rotatable bonds is 7. The molecule has 1 aliphatic carbocycles. The maximum absolute atomic E-state index is 13.8. The molecular weight excluding hydrogens is 415 g/mol. The number of aliphatic hydroxyl groups is 2. The van der Waals surface area contributed by atoms with E-state index in [4.69, 9.17) is 0 Å². The quantitative estimate of drug-likeness (QED) is 0.341. The van der Waals surface area contributed by atoms with Gasteiger partial charge in [0.1, 0.15) is 5.82 Å². The maximum atomic E-state index is 13.8. The number of hydrogen-bond donors (Lipinski definition) is 3. The topological polar surface area (TPSA) is 75.5 Å². The SMILES string of the molecule is CS(C)(NC1CCC[N+]([O-])(CC2CC2c2ccccc2-c2cccc(F)c2)C1)C(O)O. The van der Waals surface area contributed by atoms with Gasteiger partial charge in [0.25, 0.3) is 0 Å². The van der Waals surface area contributed by atoms with Gasteiger partial charge in [-0.15, -0.1) is 10.2 Å². The third kappa shape index (κ3) is 5.30. The molecule has 1 saturated carbocycles. The zero-order valence-corrected chi connectivity index (χ0v) is 19.0. The standard InChI is InChI=1S/C24H33FN2O3S/c1-31(2,24(28)29)26-20-9-6-12-27(30,16-20)15-18-14-23(18)22-11-4-3-10-21(22)17-7-5-8-19(25)13-17/h3-5,7-8,10-11,13,18,20,23-24,26,28-29H,6,9,12,14-16H2,1-2H3. The molecule has 4 unspecified atom stereocenters. The maximum Gasteiger partial charge on any atom is 0.197 e. The Morgan fingerprint density at radius 1 is 1.19 bits per heavy atom. The molecule has 7 heteroatoms. The first-order chi connectivity index (χ1) is 14.7. The van der Waals surface area contributed by atoms with Gasteiger partial charge in [-0.25, -0.2) is 4.39 Å². The second-order valence-electron chi connectivity index (χ2n) is 9.54. The molecule has 2 fully saturated rings. The van der Waals surface area contributed by atoms with Crippen molar-refractivity contribution in [1.82, 2.24) is 4.72 Å². The van der Waals surface area contributed by atoms with Crippen molar-refractivity contribution in [3.8, 4) is 11.1 Å². The van der Waals surface area contributed by atoms with Crippen LogP contribution in [-0.4, -0.2) is 58.7 Å². The van der Waals surface area contributed by atoms with Gasteiger partial charge >= 0.3 is 0 Å². The van der Waals surface area contributed by atoms with Crippen LogP contribution >= 0.6 is 10.2 Å². The van der Waals surface area contributed by atoms with Crippen molar-refractivity contribution < 1.29 is 19.2 Å². The van der Waals surface area contributed by atoms with Crippen molar-refractivity contribution >= 4 is 10.2 Å². The summed E-state index contributed by atoms with van der Waals surface area (Å²) in [5.74, 6) is 0.418. The molecule has 1 heterocycles. The number of hydroxylamine groups is 3. The van der Waals surface area contributed by atoms with Crippen molar-refractivity contribution in [1.29, 1.82) is 0 Å².